The van der Waals surface area contributed by atoms with Crippen molar-refractivity contribution in [1.29, 1.82) is 0 Å². The minimum atomic E-state index is -4.67. The molecule has 2 aromatic rings. The van der Waals surface area contributed by atoms with Gasteiger partial charge in [-0.3, -0.25) is 10.1 Å². The summed E-state index contributed by atoms with van der Waals surface area (Å²) in [6, 6.07) is 6.69. The van der Waals surface area contributed by atoms with Crippen molar-refractivity contribution in [1.82, 2.24) is 10.6 Å². The second-order valence-electron chi connectivity index (χ2n) is 11.1. The Balaban J connectivity index is 2.25. The molecular weight excluding hydrogens is 559 g/mol. The third kappa shape index (κ3) is 12.4. The third-order valence-electron chi connectivity index (χ3n) is 4.95. The number of hydrogen-bond acceptors (Lipinski definition) is 7. The number of nitro benzene ring substituents is 1. The van der Waals surface area contributed by atoms with Crippen molar-refractivity contribution in [2.45, 2.75) is 71.8 Å². The van der Waals surface area contributed by atoms with E-state index in [4.69, 9.17) is 14.2 Å². The molecule has 0 aliphatic heterocycles. The van der Waals surface area contributed by atoms with Crippen LogP contribution in [0.1, 0.15) is 64.7 Å². The van der Waals surface area contributed by atoms with E-state index < -0.39 is 40.1 Å². The van der Waals surface area contributed by atoms with E-state index in [0.29, 0.717) is 12.0 Å². The summed E-state index contributed by atoms with van der Waals surface area (Å²) < 4.78 is 57.0. The Labute approximate surface area is 242 Å². The molecule has 0 spiro atoms. The quantitative estimate of drug-likeness (QED) is 0.150. The van der Waals surface area contributed by atoms with Crippen molar-refractivity contribution in [2.75, 3.05) is 13.1 Å². The minimum Gasteiger partial charge on any atom is -0.456 e. The molecule has 0 fully saturated rings. The van der Waals surface area contributed by atoms with E-state index >= 15 is 0 Å². The van der Waals surface area contributed by atoms with Crippen LogP contribution in [0.2, 0.25) is 0 Å². The summed E-state index contributed by atoms with van der Waals surface area (Å²) in [6.45, 7) is 10.2. The first-order valence-electron chi connectivity index (χ1n) is 12.9. The number of nitrogens with zero attached hydrogens (tertiary/aromatic N) is 1. The van der Waals surface area contributed by atoms with Gasteiger partial charge in [-0.05, 0) is 84.2 Å². The van der Waals surface area contributed by atoms with Crippen molar-refractivity contribution in [2.24, 2.45) is 0 Å². The Bertz CT molecular complexity index is 1350. The van der Waals surface area contributed by atoms with Crippen molar-refractivity contribution < 1.29 is 41.9 Å². The number of amides is 2. The maximum atomic E-state index is 13.7. The number of alkyl halides is 3. The molecule has 2 N–H and O–H groups in total. The number of alkyl carbamates (subject to hydrolysis) is 2. The largest absolute Gasteiger partial charge is 0.456 e. The number of halogens is 3. The van der Waals surface area contributed by atoms with Crippen molar-refractivity contribution >= 4 is 17.9 Å². The van der Waals surface area contributed by atoms with Gasteiger partial charge >= 0.3 is 18.4 Å². The average molecular weight is 594 g/mol. The lowest BCUT2D eigenvalue weighted by molar-refractivity contribution is -0.384. The average Bonchev–Trinajstić information content (AvgIpc) is 2.82. The van der Waals surface area contributed by atoms with Gasteiger partial charge in [0.15, 0.2) is 0 Å². The predicted octanol–water partition coefficient (Wildman–Crippen LogP) is 6.74. The zero-order valence-corrected chi connectivity index (χ0v) is 24.2. The van der Waals surface area contributed by atoms with Gasteiger partial charge in [-0.15, -0.1) is 0 Å². The van der Waals surface area contributed by atoms with Crippen LogP contribution in [0.15, 0.2) is 36.4 Å². The van der Waals surface area contributed by atoms with Crippen LogP contribution in [0, 0.1) is 22.0 Å². The SMILES string of the molecule is CC(C)(C)OC(=O)NCC#Cc1cc([N+](=O)[O-])ccc1Oc1cc(CCCNC(=O)OC(C)(C)C)cc(C(F)(F)F)c1. The zero-order valence-electron chi connectivity index (χ0n) is 24.2. The molecule has 0 radical (unpaired) electrons. The molecule has 0 heterocycles. The highest BCUT2D eigenvalue weighted by Gasteiger charge is 2.31. The van der Waals surface area contributed by atoms with Gasteiger partial charge in [0, 0.05) is 18.7 Å². The van der Waals surface area contributed by atoms with E-state index in [1.807, 2.05) is 0 Å². The molecule has 13 heteroatoms. The van der Waals surface area contributed by atoms with Gasteiger partial charge in [-0.1, -0.05) is 11.8 Å². The first kappa shape index (κ1) is 33.7. The summed E-state index contributed by atoms with van der Waals surface area (Å²) in [5.74, 6) is 5.09. The van der Waals surface area contributed by atoms with Gasteiger partial charge in [0.2, 0.25) is 0 Å². The van der Waals surface area contributed by atoms with Crippen LogP contribution in [0.4, 0.5) is 28.4 Å². The molecule has 2 amide bonds. The summed E-state index contributed by atoms with van der Waals surface area (Å²) in [4.78, 5) is 34.3. The Morgan fingerprint density at radius 3 is 2.12 bits per heavy atom. The van der Waals surface area contributed by atoms with E-state index in [0.717, 1.165) is 24.3 Å². The summed E-state index contributed by atoms with van der Waals surface area (Å²) >= 11 is 0. The number of hydrogen-bond donors (Lipinski definition) is 2. The molecule has 0 saturated carbocycles. The van der Waals surface area contributed by atoms with Crippen LogP contribution in [-0.2, 0) is 22.1 Å². The second-order valence-corrected chi connectivity index (χ2v) is 11.1. The van der Waals surface area contributed by atoms with Crippen LogP contribution >= 0.6 is 0 Å². The van der Waals surface area contributed by atoms with Crippen molar-refractivity contribution in [3.05, 3.63) is 63.2 Å². The van der Waals surface area contributed by atoms with E-state index in [1.165, 1.54) is 12.1 Å². The number of carbonyl (C=O) groups is 2. The lowest BCUT2D eigenvalue weighted by atomic mass is 10.0. The molecule has 42 heavy (non-hydrogen) atoms. The number of nitrogens with one attached hydrogen (secondary N) is 2. The highest BCUT2D eigenvalue weighted by atomic mass is 19.4. The number of nitro groups is 1. The second kappa shape index (κ2) is 13.9. The van der Waals surface area contributed by atoms with Gasteiger partial charge in [0.1, 0.15) is 22.7 Å². The number of ether oxygens (including phenoxy) is 3. The zero-order chi connectivity index (χ0) is 31.7. The summed E-state index contributed by atoms with van der Waals surface area (Å²) in [5.41, 5.74) is -2.36. The number of non-ortho nitro benzene ring substituents is 1. The molecule has 0 unspecified atom stereocenters. The number of aryl methyl sites for hydroxylation is 1. The van der Waals surface area contributed by atoms with Crippen LogP contribution in [-0.4, -0.2) is 41.4 Å². The Morgan fingerprint density at radius 1 is 0.929 bits per heavy atom. The van der Waals surface area contributed by atoms with Gasteiger partial charge in [0.05, 0.1) is 22.6 Å². The van der Waals surface area contributed by atoms with Crippen molar-refractivity contribution in [3.8, 4) is 23.3 Å². The van der Waals surface area contributed by atoms with E-state index in [9.17, 15) is 32.9 Å². The van der Waals surface area contributed by atoms with E-state index in [1.54, 1.807) is 41.5 Å². The predicted molar refractivity (Wildman–Crippen MR) is 148 cm³/mol. The molecule has 10 nitrogen and oxygen atoms in total. The number of rotatable bonds is 8. The highest BCUT2D eigenvalue weighted by molar-refractivity contribution is 5.68. The topological polar surface area (TPSA) is 129 Å². The normalized spacial score (nSPS) is 11.5. The monoisotopic (exact) mass is 593 g/mol. The highest BCUT2D eigenvalue weighted by Crippen LogP contribution is 2.35. The number of carbonyl (C=O) groups excluding carboxylic acids is 2. The van der Waals surface area contributed by atoms with Crippen LogP contribution in [0.3, 0.4) is 0 Å². The first-order valence-corrected chi connectivity index (χ1v) is 12.9. The lowest BCUT2D eigenvalue weighted by Crippen LogP contribution is -2.33. The summed E-state index contributed by atoms with van der Waals surface area (Å²) in [5, 5.41) is 16.3. The maximum Gasteiger partial charge on any atom is 0.416 e. The standard InChI is InChI=1S/C29H34F3N3O7/c1-27(2,3)41-25(36)33-13-7-9-19-15-21(29(30,31)32)18-23(16-19)40-24-12-11-22(35(38)39)17-20(24)10-8-14-34-26(37)42-28(4,5)6/h11-12,15-18H,7,9,13-14H2,1-6H3,(H,33,36)(H,34,37). The summed E-state index contributed by atoms with van der Waals surface area (Å²) in [6.07, 6.45) is -5.53. The Kier molecular flexibility index (Phi) is 11.2. The van der Waals surface area contributed by atoms with Crippen molar-refractivity contribution in [3.63, 3.8) is 0 Å². The molecule has 228 valence electrons. The molecule has 0 bridgehead atoms. The molecular formula is C29H34F3N3O7. The molecule has 0 saturated heterocycles. The first-order chi connectivity index (χ1) is 19.3. The fourth-order valence-corrected chi connectivity index (χ4v) is 3.34. The van der Waals surface area contributed by atoms with Gasteiger partial charge in [-0.25, -0.2) is 9.59 Å². The molecule has 2 rings (SSSR count). The Morgan fingerprint density at radius 2 is 1.55 bits per heavy atom. The maximum absolute atomic E-state index is 13.7. The molecule has 0 atom stereocenters. The lowest BCUT2D eigenvalue weighted by Gasteiger charge is -2.19. The van der Waals surface area contributed by atoms with Gasteiger partial charge < -0.3 is 24.8 Å². The van der Waals surface area contributed by atoms with E-state index in [-0.39, 0.29) is 42.3 Å². The summed E-state index contributed by atoms with van der Waals surface area (Å²) in [7, 11) is 0. The number of benzene rings is 2. The fourth-order valence-electron chi connectivity index (χ4n) is 3.34. The molecule has 0 aromatic heterocycles. The van der Waals surface area contributed by atoms with E-state index in [2.05, 4.69) is 22.5 Å². The minimum absolute atomic E-state index is 0.0238. The van der Waals surface area contributed by atoms with Crippen LogP contribution in [0.25, 0.3) is 0 Å². The molecule has 0 aliphatic rings. The van der Waals surface area contributed by atoms with Gasteiger partial charge in [-0.2, -0.15) is 13.2 Å². The van der Waals surface area contributed by atoms with Crippen LogP contribution in [0.5, 0.6) is 11.5 Å². The molecule has 0 aliphatic carbocycles. The molecule has 2 aromatic carbocycles. The smallest absolute Gasteiger partial charge is 0.416 e. The third-order valence-corrected chi connectivity index (χ3v) is 4.95. The van der Waals surface area contributed by atoms with Crippen LogP contribution < -0.4 is 15.4 Å². The fraction of sp³-hybridized carbons (Fsp3) is 0.448. The van der Waals surface area contributed by atoms with Gasteiger partial charge in [0.25, 0.3) is 5.69 Å². The Hall–Kier alpha value is -4.47.